The van der Waals surface area contributed by atoms with Crippen LogP contribution in [0.4, 0.5) is 4.79 Å². The van der Waals surface area contributed by atoms with Crippen LogP contribution in [0.1, 0.15) is 64.0 Å². The molecule has 1 aliphatic carbocycles. The smallest absolute Gasteiger partial charge is 0.293 e. The van der Waals surface area contributed by atoms with Crippen molar-refractivity contribution in [1.82, 2.24) is 9.47 Å². The van der Waals surface area contributed by atoms with Crippen molar-refractivity contribution < 1.29 is 9.59 Å². The van der Waals surface area contributed by atoms with E-state index in [0.717, 1.165) is 23.7 Å². The molecule has 1 atom stereocenters. The fourth-order valence-corrected chi connectivity index (χ4v) is 4.25. The normalized spacial score (nSPS) is 23.0. The van der Waals surface area contributed by atoms with E-state index in [1.54, 1.807) is 0 Å². The van der Waals surface area contributed by atoms with Crippen molar-refractivity contribution >= 4 is 29.0 Å². The van der Waals surface area contributed by atoms with Crippen molar-refractivity contribution in [1.29, 1.82) is 0 Å². The van der Waals surface area contributed by atoms with Gasteiger partial charge in [0.1, 0.15) is 0 Å². The van der Waals surface area contributed by atoms with E-state index in [0.29, 0.717) is 10.9 Å². The van der Waals surface area contributed by atoms with Gasteiger partial charge in [-0.25, -0.2) is 0 Å². The largest absolute Gasteiger partial charge is 0.351 e. The highest BCUT2D eigenvalue weighted by Gasteiger charge is 2.37. The zero-order valence-electron chi connectivity index (χ0n) is 13.8. The van der Waals surface area contributed by atoms with Gasteiger partial charge in [-0.3, -0.25) is 14.5 Å². The number of hydrogen-bond acceptors (Lipinski definition) is 3. The minimum absolute atomic E-state index is 0.0414. The monoisotopic (exact) mass is 332 g/mol. The molecule has 0 N–H and O–H groups in total. The van der Waals surface area contributed by atoms with Crippen LogP contribution in [0, 0.1) is 0 Å². The van der Waals surface area contributed by atoms with Crippen molar-refractivity contribution in [2.24, 2.45) is 0 Å². The van der Waals surface area contributed by atoms with Crippen LogP contribution < -0.4 is 0 Å². The average molecular weight is 332 g/mol. The average Bonchev–Trinajstić information content (AvgIpc) is 3.13. The van der Waals surface area contributed by atoms with Crippen LogP contribution in [0.25, 0.3) is 6.08 Å². The highest BCUT2D eigenvalue weighted by molar-refractivity contribution is 8.18. The summed E-state index contributed by atoms with van der Waals surface area (Å²) < 4.78 is 2.27. The molecule has 1 aromatic rings. The van der Waals surface area contributed by atoms with Gasteiger partial charge in [0.25, 0.3) is 11.1 Å². The Labute approximate surface area is 141 Å². The molecule has 1 saturated heterocycles. The number of amides is 2. The standard InChI is InChI=1S/C18H24N2O2S/c1-3-13(2)20-17(21)16(23-18(20)22)11-14-9-10-19(12-14)15-7-5-4-6-8-15/h9-13,15H,3-8H2,1-2H3/b16-11-. The highest BCUT2D eigenvalue weighted by Crippen LogP contribution is 2.34. The fraction of sp³-hybridized carbons (Fsp3) is 0.556. The van der Waals surface area contributed by atoms with Crippen LogP contribution in [0.3, 0.4) is 0 Å². The molecule has 4 nitrogen and oxygen atoms in total. The van der Waals surface area contributed by atoms with Gasteiger partial charge in [0, 0.05) is 24.5 Å². The Morgan fingerprint density at radius 2 is 2.04 bits per heavy atom. The SMILES string of the molecule is CCC(C)N1C(=O)S/C(=C\c2ccn(C3CCCCC3)c2)C1=O. The van der Waals surface area contributed by atoms with Gasteiger partial charge in [0.05, 0.1) is 4.91 Å². The van der Waals surface area contributed by atoms with Gasteiger partial charge in [0.15, 0.2) is 0 Å². The lowest BCUT2D eigenvalue weighted by Gasteiger charge is -2.23. The third-order valence-electron chi connectivity index (χ3n) is 4.89. The maximum Gasteiger partial charge on any atom is 0.293 e. The molecule has 2 aliphatic rings. The first-order chi connectivity index (χ1) is 11.1. The van der Waals surface area contributed by atoms with Gasteiger partial charge in [-0.2, -0.15) is 0 Å². The van der Waals surface area contributed by atoms with E-state index in [2.05, 4.69) is 17.0 Å². The summed E-state index contributed by atoms with van der Waals surface area (Å²) in [5.41, 5.74) is 1.00. The number of hydrogen-bond donors (Lipinski definition) is 0. The number of aromatic nitrogens is 1. The van der Waals surface area contributed by atoms with E-state index in [1.165, 1.54) is 37.0 Å². The molecular weight excluding hydrogens is 308 g/mol. The third-order valence-corrected chi connectivity index (χ3v) is 5.77. The second kappa shape index (κ2) is 6.95. The molecule has 1 aliphatic heterocycles. The summed E-state index contributed by atoms with van der Waals surface area (Å²) in [6.45, 7) is 3.90. The van der Waals surface area contributed by atoms with Gasteiger partial charge in [-0.15, -0.1) is 0 Å². The van der Waals surface area contributed by atoms with Crippen LogP contribution in [-0.2, 0) is 4.79 Å². The van der Waals surface area contributed by atoms with Crippen molar-refractivity contribution in [3.63, 3.8) is 0 Å². The summed E-state index contributed by atoms with van der Waals surface area (Å²) >= 11 is 1.05. The lowest BCUT2D eigenvalue weighted by atomic mass is 9.95. The lowest BCUT2D eigenvalue weighted by Crippen LogP contribution is -2.36. The maximum atomic E-state index is 12.4. The second-order valence-corrected chi connectivity index (χ2v) is 7.49. The van der Waals surface area contributed by atoms with Crippen LogP contribution in [-0.4, -0.2) is 26.7 Å². The molecule has 2 heterocycles. The summed E-state index contributed by atoms with van der Waals surface area (Å²) in [6.07, 6.45) is 13.2. The van der Waals surface area contributed by atoms with Crippen molar-refractivity contribution in [3.8, 4) is 0 Å². The molecule has 1 unspecified atom stereocenters. The van der Waals surface area contributed by atoms with Gasteiger partial charge >= 0.3 is 0 Å². The van der Waals surface area contributed by atoms with Gasteiger partial charge in [0.2, 0.25) is 0 Å². The molecule has 2 amide bonds. The number of carbonyl (C=O) groups excluding carboxylic acids is 2. The zero-order chi connectivity index (χ0) is 16.4. The van der Waals surface area contributed by atoms with E-state index in [4.69, 9.17) is 0 Å². The highest BCUT2D eigenvalue weighted by atomic mass is 32.2. The summed E-state index contributed by atoms with van der Waals surface area (Å²) in [5, 5.41) is -0.151. The summed E-state index contributed by atoms with van der Waals surface area (Å²) in [5.74, 6) is -0.153. The fourth-order valence-electron chi connectivity index (χ4n) is 3.32. The molecule has 3 rings (SSSR count). The topological polar surface area (TPSA) is 42.3 Å². The number of imide groups is 1. The number of rotatable bonds is 4. The molecule has 124 valence electrons. The molecule has 0 aromatic carbocycles. The van der Waals surface area contributed by atoms with Gasteiger partial charge < -0.3 is 4.57 Å². The van der Waals surface area contributed by atoms with Crippen LogP contribution in [0.2, 0.25) is 0 Å². The predicted molar refractivity (Wildman–Crippen MR) is 94.1 cm³/mol. The first-order valence-corrected chi connectivity index (χ1v) is 9.36. The van der Waals surface area contributed by atoms with Gasteiger partial charge in [-0.1, -0.05) is 26.2 Å². The Bertz CT molecular complexity index is 629. The molecule has 1 aromatic heterocycles. The summed E-state index contributed by atoms with van der Waals surface area (Å²) in [4.78, 5) is 26.4. The van der Waals surface area contributed by atoms with Crippen molar-refractivity contribution in [2.75, 3.05) is 0 Å². The quantitative estimate of drug-likeness (QED) is 0.742. The van der Waals surface area contributed by atoms with E-state index in [1.807, 2.05) is 26.0 Å². The van der Waals surface area contributed by atoms with Crippen LogP contribution in [0.5, 0.6) is 0 Å². The number of thioether (sulfide) groups is 1. The maximum absolute atomic E-state index is 12.4. The number of nitrogens with zero attached hydrogens (tertiary/aromatic N) is 2. The van der Waals surface area contributed by atoms with Gasteiger partial charge in [-0.05, 0) is 55.7 Å². The Morgan fingerprint density at radius 1 is 1.30 bits per heavy atom. The number of carbonyl (C=O) groups is 2. The molecule has 23 heavy (non-hydrogen) atoms. The van der Waals surface area contributed by atoms with Crippen LogP contribution >= 0.6 is 11.8 Å². The summed E-state index contributed by atoms with van der Waals surface area (Å²) in [6, 6.07) is 2.58. The van der Waals surface area contributed by atoms with E-state index < -0.39 is 0 Å². The third kappa shape index (κ3) is 3.39. The van der Waals surface area contributed by atoms with E-state index in [9.17, 15) is 9.59 Å². The Hall–Kier alpha value is -1.49. The van der Waals surface area contributed by atoms with Crippen LogP contribution in [0.15, 0.2) is 23.4 Å². The molecule has 5 heteroatoms. The van der Waals surface area contributed by atoms with E-state index in [-0.39, 0.29) is 17.2 Å². The zero-order valence-corrected chi connectivity index (χ0v) is 14.6. The Balaban J connectivity index is 1.76. The molecular formula is C18H24N2O2S. The first-order valence-electron chi connectivity index (χ1n) is 8.54. The predicted octanol–water partition coefficient (Wildman–Crippen LogP) is 4.83. The molecule has 2 fully saturated rings. The lowest BCUT2D eigenvalue weighted by molar-refractivity contribution is -0.124. The molecule has 0 spiro atoms. The summed E-state index contributed by atoms with van der Waals surface area (Å²) in [7, 11) is 0. The van der Waals surface area contributed by atoms with Crippen molar-refractivity contribution in [2.45, 2.75) is 64.5 Å². The molecule has 0 bridgehead atoms. The second-order valence-electron chi connectivity index (χ2n) is 6.49. The Kier molecular flexibility index (Phi) is 4.95. The minimum Gasteiger partial charge on any atom is -0.351 e. The van der Waals surface area contributed by atoms with E-state index >= 15 is 0 Å². The van der Waals surface area contributed by atoms with Crippen molar-refractivity contribution in [3.05, 3.63) is 28.9 Å². The molecule has 0 radical (unpaired) electrons. The Morgan fingerprint density at radius 3 is 2.74 bits per heavy atom. The first kappa shape index (κ1) is 16.4. The molecule has 1 saturated carbocycles. The minimum atomic E-state index is -0.153.